The molecule has 0 aliphatic carbocycles. The van der Waals surface area contributed by atoms with Crippen LogP contribution in [0, 0.1) is 0 Å². The van der Waals surface area contributed by atoms with Crippen molar-refractivity contribution in [2.24, 2.45) is 0 Å². The lowest BCUT2D eigenvalue weighted by Gasteiger charge is -2.46. The number of para-hydroxylation sites is 4. The second kappa shape index (κ2) is 16.0. The van der Waals surface area contributed by atoms with Crippen LogP contribution >= 0.6 is 0 Å². The summed E-state index contributed by atoms with van der Waals surface area (Å²) in [7, 11) is 0. The predicted octanol–water partition coefficient (Wildman–Crippen LogP) is 6.74. The molecule has 0 spiro atoms. The van der Waals surface area contributed by atoms with Gasteiger partial charge in [-0.3, -0.25) is 0 Å². The first-order valence-corrected chi connectivity index (χ1v) is 16.3. The van der Waals surface area contributed by atoms with Gasteiger partial charge in [0.15, 0.2) is 35.2 Å². The summed E-state index contributed by atoms with van der Waals surface area (Å²) in [6, 6.07) is 36.3. The van der Waals surface area contributed by atoms with Crippen LogP contribution in [0.15, 0.2) is 109 Å². The molecule has 0 unspecified atom stereocenters. The van der Waals surface area contributed by atoms with Crippen molar-refractivity contribution in [3.63, 3.8) is 0 Å². The van der Waals surface area contributed by atoms with E-state index in [4.69, 9.17) is 28.4 Å². The molecule has 8 nitrogen and oxygen atoms in total. The van der Waals surface area contributed by atoms with Gasteiger partial charge in [0.1, 0.15) is 12.2 Å². The Hall–Kier alpha value is -4.08. The Morgan fingerprint density at radius 3 is 1.30 bits per heavy atom. The van der Waals surface area contributed by atoms with Crippen LogP contribution in [0.4, 0.5) is 0 Å². The molecule has 242 valence electrons. The summed E-state index contributed by atoms with van der Waals surface area (Å²) in [6.45, 7) is 9.18. The van der Waals surface area contributed by atoms with E-state index in [9.17, 15) is 0 Å². The number of hydrogen-bond donors (Lipinski definition) is 0. The fourth-order valence-electron chi connectivity index (χ4n) is 6.12. The first-order valence-electron chi connectivity index (χ1n) is 16.3. The Kier molecular flexibility index (Phi) is 11.1. The summed E-state index contributed by atoms with van der Waals surface area (Å²) in [5.41, 5.74) is 2.12. The van der Waals surface area contributed by atoms with Crippen molar-refractivity contribution in [1.29, 1.82) is 0 Å². The van der Waals surface area contributed by atoms with Gasteiger partial charge in [-0.1, -0.05) is 84.9 Å². The highest BCUT2D eigenvalue weighted by Gasteiger charge is 2.38. The van der Waals surface area contributed by atoms with E-state index < -0.39 is 0 Å². The Morgan fingerprint density at radius 1 is 0.543 bits per heavy atom. The van der Waals surface area contributed by atoms with Gasteiger partial charge in [-0.2, -0.15) is 0 Å². The summed E-state index contributed by atoms with van der Waals surface area (Å²) >= 11 is 0. The van der Waals surface area contributed by atoms with Crippen molar-refractivity contribution in [3.05, 3.63) is 120 Å². The third-order valence-corrected chi connectivity index (χ3v) is 8.28. The second-order valence-electron chi connectivity index (χ2n) is 11.3. The highest BCUT2D eigenvalue weighted by atomic mass is 16.6. The van der Waals surface area contributed by atoms with Crippen molar-refractivity contribution in [2.75, 3.05) is 52.6 Å². The van der Waals surface area contributed by atoms with Crippen molar-refractivity contribution in [2.45, 2.75) is 38.3 Å². The van der Waals surface area contributed by atoms with E-state index in [0.717, 1.165) is 35.7 Å². The second-order valence-corrected chi connectivity index (χ2v) is 11.3. The zero-order valence-electron chi connectivity index (χ0n) is 26.7. The zero-order valence-corrected chi connectivity index (χ0v) is 26.7. The van der Waals surface area contributed by atoms with Crippen LogP contribution in [0.1, 0.15) is 37.2 Å². The predicted molar refractivity (Wildman–Crippen MR) is 177 cm³/mol. The third-order valence-electron chi connectivity index (χ3n) is 8.28. The molecule has 0 amide bonds. The molecule has 2 aliphatic rings. The molecule has 2 heterocycles. The molecule has 0 aromatic heterocycles. The summed E-state index contributed by atoms with van der Waals surface area (Å²) in [6.07, 6.45) is -1.05. The topological polar surface area (TPSA) is 61.9 Å². The first-order chi connectivity index (χ1) is 22.7. The quantitative estimate of drug-likeness (QED) is 0.162. The molecular formula is C38H44N2O6. The zero-order chi connectivity index (χ0) is 31.6. The van der Waals surface area contributed by atoms with Gasteiger partial charge in [-0.15, -0.1) is 0 Å². The van der Waals surface area contributed by atoms with Gasteiger partial charge in [0.25, 0.3) is 0 Å². The van der Waals surface area contributed by atoms with Crippen LogP contribution in [0.3, 0.4) is 0 Å². The average molecular weight is 625 g/mol. The Balaban J connectivity index is 1.21. The van der Waals surface area contributed by atoms with Crippen LogP contribution in [-0.2, 0) is 9.47 Å². The monoisotopic (exact) mass is 624 g/mol. The lowest BCUT2D eigenvalue weighted by molar-refractivity contribution is -0.190. The molecule has 2 aliphatic heterocycles. The standard InChI is InChI=1S/C38H44N2O6/c1-3-41-31-19-11-13-21-33(31)45-37(29-15-7-5-8-16-29)35-27-39(23-25-43-35)40-24-26-44-36(28-40)38(30-17-9-6-10-18-30)46-34-22-14-12-20-32(34)42-4-2/h5-22,35-38H,3-4,23-28H2,1-2H3/t35-,36-,37-,38-/m0/s1. The third kappa shape index (κ3) is 7.82. The van der Waals surface area contributed by atoms with Gasteiger partial charge < -0.3 is 28.4 Å². The van der Waals surface area contributed by atoms with E-state index in [-0.39, 0.29) is 24.4 Å². The minimum atomic E-state index is -0.321. The van der Waals surface area contributed by atoms with Crippen LogP contribution in [0.2, 0.25) is 0 Å². The van der Waals surface area contributed by atoms with Crippen molar-refractivity contribution < 1.29 is 28.4 Å². The normalized spacial score (nSPS) is 20.4. The maximum Gasteiger partial charge on any atom is 0.162 e. The molecule has 4 aromatic carbocycles. The van der Waals surface area contributed by atoms with Crippen molar-refractivity contribution in [1.82, 2.24) is 10.0 Å². The fourth-order valence-corrected chi connectivity index (χ4v) is 6.12. The van der Waals surface area contributed by atoms with Gasteiger partial charge in [0.2, 0.25) is 0 Å². The number of nitrogens with zero attached hydrogens (tertiary/aromatic N) is 2. The van der Waals surface area contributed by atoms with Gasteiger partial charge >= 0.3 is 0 Å². The lowest BCUT2D eigenvalue weighted by atomic mass is 10.0. The highest BCUT2D eigenvalue weighted by Crippen LogP contribution is 2.36. The van der Waals surface area contributed by atoms with Gasteiger partial charge in [0, 0.05) is 26.2 Å². The SMILES string of the molecule is CCOc1ccccc1O[C@@H](c1ccccc1)[C@@H]1CN(N2CCO[C@H]([C@@H](Oc3ccccc3OCC)c3ccccc3)C2)CCO1. The van der Waals surface area contributed by atoms with Crippen molar-refractivity contribution in [3.8, 4) is 23.0 Å². The molecule has 6 rings (SSSR count). The van der Waals surface area contributed by atoms with E-state index >= 15 is 0 Å². The Bertz CT molecular complexity index is 1380. The fraction of sp³-hybridized carbons (Fsp3) is 0.368. The van der Waals surface area contributed by atoms with E-state index in [0.29, 0.717) is 51.0 Å². The number of hydrogen-bond acceptors (Lipinski definition) is 8. The minimum absolute atomic E-state index is 0.202. The Labute approximate surface area is 272 Å². The maximum absolute atomic E-state index is 6.72. The number of rotatable bonds is 13. The van der Waals surface area contributed by atoms with Gasteiger partial charge in [0.05, 0.1) is 26.4 Å². The maximum atomic E-state index is 6.72. The number of benzene rings is 4. The smallest absolute Gasteiger partial charge is 0.162 e. The average Bonchev–Trinajstić information content (AvgIpc) is 3.12. The van der Waals surface area contributed by atoms with Gasteiger partial charge in [-0.25, -0.2) is 10.0 Å². The summed E-state index contributed by atoms with van der Waals surface area (Å²) < 4.78 is 38.1. The van der Waals surface area contributed by atoms with Crippen LogP contribution in [0.25, 0.3) is 0 Å². The van der Waals surface area contributed by atoms with Crippen LogP contribution in [0.5, 0.6) is 23.0 Å². The molecule has 0 N–H and O–H groups in total. The van der Waals surface area contributed by atoms with E-state index in [2.05, 4.69) is 34.3 Å². The molecule has 2 fully saturated rings. The molecule has 4 atom stereocenters. The van der Waals surface area contributed by atoms with Crippen LogP contribution < -0.4 is 18.9 Å². The van der Waals surface area contributed by atoms with E-state index in [1.165, 1.54) is 0 Å². The summed E-state index contributed by atoms with van der Waals surface area (Å²) in [5, 5.41) is 4.79. The molecule has 8 heteroatoms. The Morgan fingerprint density at radius 2 is 0.913 bits per heavy atom. The van der Waals surface area contributed by atoms with Crippen molar-refractivity contribution >= 4 is 0 Å². The molecule has 46 heavy (non-hydrogen) atoms. The van der Waals surface area contributed by atoms with Crippen LogP contribution in [-0.4, -0.2) is 74.8 Å². The minimum Gasteiger partial charge on any atom is -0.490 e. The number of ether oxygens (including phenoxy) is 6. The largest absolute Gasteiger partial charge is 0.490 e. The van der Waals surface area contributed by atoms with E-state index in [1.54, 1.807) is 0 Å². The molecule has 2 saturated heterocycles. The molecule has 0 saturated carbocycles. The highest BCUT2D eigenvalue weighted by molar-refractivity contribution is 5.41. The number of hydrazine groups is 1. The molecule has 0 bridgehead atoms. The first kappa shape index (κ1) is 31.9. The molecular weight excluding hydrogens is 580 g/mol. The molecule has 0 radical (unpaired) electrons. The van der Waals surface area contributed by atoms with E-state index in [1.807, 2.05) is 98.8 Å². The van der Waals surface area contributed by atoms with Gasteiger partial charge in [-0.05, 0) is 49.2 Å². The summed E-state index contributed by atoms with van der Waals surface area (Å²) in [5.74, 6) is 2.88. The molecule has 4 aromatic rings. The number of morpholine rings is 2. The lowest BCUT2D eigenvalue weighted by Crippen LogP contribution is -2.59. The summed E-state index contributed by atoms with van der Waals surface area (Å²) in [4.78, 5) is 0.